The number of benzene rings is 2. The van der Waals surface area contributed by atoms with Crippen molar-refractivity contribution < 1.29 is 22.3 Å². The Morgan fingerprint density at radius 3 is 2.45 bits per heavy atom. The van der Waals surface area contributed by atoms with Gasteiger partial charge in [0, 0.05) is 5.56 Å². The van der Waals surface area contributed by atoms with E-state index in [9.17, 15) is 17.6 Å². The van der Waals surface area contributed by atoms with E-state index >= 15 is 0 Å². The van der Waals surface area contributed by atoms with Crippen LogP contribution in [0, 0.1) is 17.5 Å². The summed E-state index contributed by atoms with van der Waals surface area (Å²) in [6, 6.07) is 6.09. The van der Waals surface area contributed by atoms with Gasteiger partial charge in [0.2, 0.25) is 6.86 Å². The number of alkyl halides is 1. The number of hydrogen-bond donors (Lipinski definition) is 1. The minimum atomic E-state index is -1.17. The van der Waals surface area contributed by atoms with Crippen LogP contribution in [0.5, 0.6) is 5.75 Å². The molecule has 2 aromatic rings. The highest BCUT2D eigenvalue weighted by Crippen LogP contribution is 2.27. The smallest absolute Gasteiger partial charge is 0.228 e. The third-order valence-corrected chi connectivity index (χ3v) is 2.84. The van der Waals surface area contributed by atoms with Crippen molar-refractivity contribution in [2.24, 2.45) is 5.73 Å². The first-order chi connectivity index (χ1) is 9.54. The van der Waals surface area contributed by atoms with Crippen LogP contribution in [0.25, 0.3) is 0 Å². The van der Waals surface area contributed by atoms with Gasteiger partial charge in [-0.25, -0.2) is 17.6 Å². The second kappa shape index (κ2) is 5.92. The quantitative estimate of drug-likeness (QED) is 0.873. The Bertz CT molecular complexity index is 618. The van der Waals surface area contributed by atoms with E-state index in [1.54, 1.807) is 0 Å². The van der Waals surface area contributed by atoms with Crippen LogP contribution in [0.3, 0.4) is 0 Å². The van der Waals surface area contributed by atoms with Crippen LogP contribution >= 0.6 is 0 Å². The highest BCUT2D eigenvalue weighted by atomic mass is 19.2. The third-order valence-electron chi connectivity index (χ3n) is 2.84. The normalized spacial score (nSPS) is 12.2. The lowest BCUT2D eigenvalue weighted by molar-refractivity contribution is 0.184. The molecular formula is C14H11F4NO. The minimum Gasteiger partial charge on any atom is -0.460 e. The van der Waals surface area contributed by atoms with Crippen LogP contribution in [0.4, 0.5) is 17.6 Å². The largest absolute Gasteiger partial charge is 0.460 e. The van der Waals surface area contributed by atoms with Gasteiger partial charge in [-0.05, 0) is 23.8 Å². The number of rotatable bonds is 4. The highest BCUT2D eigenvalue weighted by Gasteiger charge is 2.17. The van der Waals surface area contributed by atoms with E-state index in [4.69, 9.17) is 5.73 Å². The number of ether oxygens (including phenoxy) is 1. The predicted octanol–water partition coefficient (Wildman–Crippen LogP) is 3.46. The fraction of sp³-hybridized carbons (Fsp3) is 0.143. The summed E-state index contributed by atoms with van der Waals surface area (Å²) < 4.78 is 56.7. The average Bonchev–Trinajstić information content (AvgIpc) is 2.43. The van der Waals surface area contributed by atoms with E-state index in [0.717, 1.165) is 12.1 Å². The van der Waals surface area contributed by atoms with E-state index < -0.39 is 30.4 Å². The van der Waals surface area contributed by atoms with Crippen molar-refractivity contribution in [3.05, 3.63) is 65.0 Å². The SMILES string of the molecule is NC(c1ccc(OCF)c(F)c1)c1cccc(F)c1F. The fourth-order valence-corrected chi connectivity index (χ4v) is 1.83. The Hall–Kier alpha value is -2.08. The summed E-state index contributed by atoms with van der Waals surface area (Å²) in [6.07, 6.45) is 0. The fourth-order valence-electron chi connectivity index (χ4n) is 1.83. The molecule has 0 bridgehead atoms. The van der Waals surface area contributed by atoms with E-state index in [2.05, 4.69) is 4.74 Å². The van der Waals surface area contributed by atoms with Gasteiger partial charge in [-0.3, -0.25) is 0 Å². The zero-order valence-corrected chi connectivity index (χ0v) is 10.2. The molecular weight excluding hydrogens is 274 g/mol. The second-order valence-electron chi connectivity index (χ2n) is 4.06. The lowest BCUT2D eigenvalue weighted by Gasteiger charge is -2.14. The molecule has 2 nitrogen and oxygen atoms in total. The van der Waals surface area contributed by atoms with Gasteiger partial charge in [-0.15, -0.1) is 0 Å². The van der Waals surface area contributed by atoms with Crippen molar-refractivity contribution in [2.45, 2.75) is 6.04 Å². The van der Waals surface area contributed by atoms with E-state index in [0.29, 0.717) is 0 Å². The summed E-state index contributed by atoms with van der Waals surface area (Å²) in [5.41, 5.74) is 5.92. The van der Waals surface area contributed by atoms with Gasteiger partial charge in [0.05, 0.1) is 6.04 Å². The van der Waals surface area contributed by atoms with E-state index in [-0.39, 0.29) is 16.9 Å². The molecule has 0 aromatic heterocycles. The number of hydrogen-bond acceptors (Lipinski definition) is 2. The van der Waals surface area contributed by atoms with Crippen LogP contribution < -0.4 is 10.5 Å². The van der Waals surface area contributed by atoms with Gasteiger partial charge in [0.15, 0.2) is 23.2 Å². The molecule has 106 valence electrons. The van der Waals surface area contributed by atoms with Gasteiger partial charge < -0.3 is 10.5 Å². The highest BCUT2D eigenvalue weighted by molar-refractivity contribution is 5.36. The van der Waals surface area contributed by atoms with E-state index in [1.807, 2.05) is 0 Å². The lowest BCUT2D eigenvalue weighted by Crippen LogP contribution is -2.14. The molecule has 0 aliphatic carbocycles. The van der Waals surface area contributed by atoms with Crippen molar-refractivity contribution >= 4 is 0 Å². The van der Waals surface area contributed by atoms with Crippen molar-refractivity contribution in [1.82, 2.24) is 0 Å². The van der Waals surface area contributed by atoms with Gasteiger partial charge in [0.25, 0.3) is 0 Å². The van der Waals surface area contributed by atoms with Gasteiger partial charge in [-0.2, -0.15) is 0 Å². The van der Waals surface area contributed by atoms with Crippen LogP contribution in [0.15, 0.2) is 36.4 Å². The molecule has 0 fully saturated rings. The maximum absolute atomic E-state index is 13.6. The molecule has 1 unspecified atom stereocenters. The average molecular weight is 285 g/mol. The Kier molecular flexibility index (Phi) is 4.24. The number of nitrogens with two attached hydrogens (primary N) is 1. The van der Waals surface area contributed by atoms with Crippen LogP contribution in [-0.4, -0.2) is 6.86 Å². The summed E-state index contributed by atoms with van der Waals surface area (Å²) in [7, 11) is 0. The summed E-state index contributed by atoms with van der Waals surface area (Å²) in [6.45, 7) is -1.17. The molecule has 0 saturated carbocycles. The van der Waals surface area contributed by atoms with Crippen LogP contribution in [0.2, 0.25) is 0 Å². The summed E-state index contributed by atoms with van der Waals surface area (Å²) >= 11 is 0. The Labute approximate surface area is 112 Å². The molecule has 0 saturated heterocycles. The maximum atomic E-state index is 13.6. The third kappa shape index (κ3) is 2.75. The van der Waals surface area contributed by atoms with Gasteiger partial charge >= 0.3 is 0 Å². The molecule has 1 atom stereocenters. The topological polar surface area (TPSA) is 35.2 Å². The summed E-state index contributed by atoms with van der Waals surface area (Å²) in [5.74, 6) is -3.21. The molecule has 0 amide bonds. The Balaban J connectivity index is 2.36. The summed E-state index contributed by atoms with van der Waals surface area (Å²) in [5, 5.41) is 0. The first-order valence-corrected chi connectivity index (χ1v) is 5.72. The zero-order valence-electron chi connectivity index (χ0n) is 10.2. The molecule has 0 radical (unpaired) electrons. The molecule has 0 heterocycles. The molecule has 2 rings (SSSR count). The molecule has 2 aromatic carbocycles. The van der Waals surface area contributed by atoms with Crippen molar-refractivity contribution in [3.8, 4) is 5.75 Å². The molecule has 2 N–H and O–H groups in total. The molecule has 0 aliphatic rings. The Morgan fingerprint density at radius 1 is 1.05 bits per heavy atom. The van der Waals surface area contributed by atoms with Gasteiger partial charge in [-0.1, -0.05) is 18.2 Å². The molecule has 20 heavy (non-hydrogen) atoms. The molecule has 0 spiro atoms. The van der Waals surface area contributed by atoms with Crippen LogP contribution in [-0.2, 0) is 0 Å². The lowest BCUT2D eigenvalue weighted by atomic mass is 9.98. The summed E-state index contributed by atoms with van der Waals surface area (Å²) in [4.78, 5) is 0. The van der Waals surface area contributed by atoms with Crippen molar-refractivity contribution in [1.29, 1.82) is 0 Å². The first kappa shape index (κ1) is 14.3. The maximum Gasteiger partial charge on any atom is 0.228 e. The predicted molar refractivity (Wildman–Crippen MR) is 65.4 cm³/mol. The molecule has 6 heteroatoms. The molecule has 0 aliphatic heterocycles. The second-order valence-corrected chi connectivity index (χ2v) is 4.06. The monoisotopic (exact) mass is 285 g/mol. The van der Waals surface area contributed by atoms with Crippen molar-refractivity contribution in [2.75, 3.05) is 6.86 Å². The van der Waals surface area contributed by atoms with Crippen LogP contribution in [0.1, 0.15) is 17.2 Å². The van der Waals surface area contributed by atoms with E-state index in [1.165, 1.54) is 24.3 Å². The first-order valence-electron chi connectivity index (χ1n) is 5.72. The Morgan fingerprint density at radius 2 is 1.80 bits per heavy atom. The van der Waals surface area contributed by atoms with Gasteiger partial charge in [0.1, 0.15) is 0 Å². The standard InChI is InChI=1S/C14H11F4NO/c15-7-20-12-5-4-8(6-11(12)17)14(19)9-2-1-3-10(16)13(9)18/h1-6,14H,7,19H2. The number of halogens is 4. The van der Waals surface area contributed by atoms with Crippen molar-refractivity contribution in [3.63, 3.8) is 0 Å². The zero-order chi connectivity index (χ0) is 14.7. The minimum absolute atomic E-state index is 0.0939.